The van der Waals surface area contributed by atoms with E-state index in [1.807, 2.05) is 11.3 Å². The van der Waals surface area contributed by atoms with Crippen LogP contribution in [0.2, 0.25) is 0 Å². The van der Waals surface area contributed by atoms with Crippen LogP contribution < -0.4 is 5.32 Å². The molecule has 1 aromatic rings. The Morgan fingerprint density at radius 3 is 2.71 bits per heavy atom. The molecule has 1 N–H and O–H groups in total. The summed E-state index contributed by atoms with van der Waals surface area (Å²) in [5.41, 5.74) is 0. The van der Waals surface area contributed by atoms with E-state index in [9.17, 15) is 0 Å². The molecule has 3 nitrogen and oxygen atoms in total. The van der Waals surface area contributed by atoms with Crippen LogP contribution in [0.3, 0.4) is 0 Å². The minimum atomic E-state index is 0.718. The minimum Gasteiger partial charge on any atom is -0.381 e. The molecule has 0 bridgehead atoms. The van der Waals surface area contributed by atoms with Crippen molar-refractivity contribution in [1.82, 2.24) is 10.2 Å². The second-order valence-electron chi connectivity index (χ2n) is 6.65. The Morgan fingerprint density at radius 1 is 1.29 bits per heavy atom. The summed E-state index contributed by atoms with van der Waals surface area (Å²) in [6.07, 6.45) is 2.44. The van der Waals surface area contributed by atoms with E-state index in [0.717, 1.165) is 44.7 Å². The van der Waals surface area contributed by atoms with Crippen LogP contribution in [0.5, 0.6) is 0 Å². The standard InChI is InChI=1S/C17H30N2OS/c1-14(2)10-18-11-16-4-5-17(21-16)13-19(3)12-15-6-8-20-9-7-15/h4-5,14-15,18H,6-13H2,1-3H3. The molecule has 1 aromatic heterocycles. The van der Waals surface area contributed by atoms with E-state index in [-0.39, 0.29) is 0 Å². The van der Waals surface area contributed by atoms with Crippen molar-refractivity contribution in [3.8, 4) is 0 Å². The molecule has 0 aromatic carbocycles. The molecule has 21 heavy (non-hydrogen) atoms. The predicted octanol–water partition coefficient (Wildman–Crippen LogP) is 3.35. The lowest BCUT2D eigenvalue weighted by Gasteiger charge is -2.26. The van der Waals surface area contributed by atoms with Crippen molar-refractivity contribution in [3.63, 3.8) is 0 Å². The van der Waals surface area contributed by atoms with Gasteiger partial charge in [-0.3, -0.25) is 0 Å². The maximum absolute atomic E-state index is 5.43. The first-order valence-corrected chi connectivity index (χ1v) is 8.99. The quantitative estimate of drug-likeness (QED) is 0.797. The highest BCUT2D eigenvalue weighted by Gasteiger charge is 2.16. The number of hydrogen-bond donors (Lipinski definition) is 1. The first kappa shape index (κ1) is 16.9. The molecule has 1 aliphatic rings. The van der Waals surface area contributed by atoms with Gasteiger partial charge in [-0.15, -0.1) is 11.3 Å². The van der Waals surface area contributed by atoms with Gasteiger partial charge in [-0.1, -0.05) is 13.8 Å². The Bertz CT molecular complexity index is 399. The topological polar surface area (TPSA) is 24.5 Å². The van der Waals surface area contributed by atoms with Crippen LogP contribution in [0.4, 0.5) is 0 Å². The zero-order chi connectivity index (χ0) is 15.1. The highest BCUT2D eigenvalue weighted by Crippen LogP contribution is 2.20. The molecular weight excluding hydrogens is 280 g/mol. The fourth-order valence-electron chi connectivity index (χ4n) is 2.79. The van der Waals surface area contributed by atoms with Crippen LogP contribution in [0.25, 0.3) is 0 Å². The minimum absolute atomic E-state index is 0.718. The van der Waals surface area contributed by atoms with Crippen LogP contribution in [-0.2, 0) is 17.8 Å². The molecule has 0 aliphatic carbocycles. The average molecular weight is 311 g/mol. The van der Waals surface area contributed by atoms with Crippen LogP contribution in [0.1, 0.15) is 36.4 Å². The highest BCUT2D eigenvalue weighted by atomic mass is 32.1. The Balaban J connectivity index is 1.70. The number of nitrogens with zero attached hydrogens (tertiary/aromatic N) is 1. The van der Waals surface area contributed by atoms with E-state index >= 15 is 0 Å². The van der Waals surface area contributed by atoms with Crippen molar-refractivity contribution in [2.75, 3.05) is 33.4 Å². The van der Waals surface area contributed by atoms with Gasteiger partial charge in [0.15, 0.2) is 0 Å². The molecular formula is C17H30N2OS. The van der Waals surface area contributed by atoms with Gasteiger partial charge in [0.25, 0.3) is 0 Å². The highest BCUT2D eigenvalue weighted by molar-refractivity contribution is 7.11. The molecule has 0 unspecified atom stereocenters. The predicted molar refractivity (Wildman–Crippen MR) is 90.7 cm³/mol. The first-order chi connectivity index (χ1) is 10.1. The van der Waals surface area contributed by atoms with Crippen LogP contribution >= 0.6 is 11.3 Å². The summed E-state index contributed by atoms with van der Waals surface area (Å²) in [6.45, 7) is 10.8. The van der Waals surface area contributed by atoms with Crippen molar-refractivity contribution >= 4 is 11.3 Å². The van der Waals surface area contributed by atoms with Gasteiger partial charge in [0, 0.05) is 42.6 Å². The monoisotopic (exact) mass is 310 g/mol. The van der Waals surface area contributed by atoms with Crippen molar-refractivity contribution in [1.29, 1.82) is 0 Å². The lowest BCUT2D eigenvalue weighted by Crippen LogP contribution is -2.29. The summed E-state index contributed by atoms with van der Waals surface area (Å²) in [5, 5.41) is 3.52. The molecule has 0 spiro atoms. The summed E-state index contributed by atoms with van der Waals surface area (Å²) in [7, 11) is 2.24. The van der Waals surface area contributed by atoms with E-state index in [2.05, 4.69) is 43.2 Å². The SMILES string of the molecule is CC(C)CNCc1ccc(CN(C)CC2CCOCC2)s1. The molecule has 1 aliphatic heterocycles. The zero-order valence-electron chi connectivity index (χ0n) is 13.7. The molecule has 0 atom stereocenters. The normalized spacial score (nSPS) is 17.0. The van der Waals surface area contributed by atoms with Gasteiger partial charge in [-0.05, 0) is 50.4 Å². The van der Waals surface area contributed by atoms with Crippen LogP contribution in [0.15, 0.2) is 12.1 Å². The van der Waals surface area contributed by atoms with Gasteiger partial charge in [0.2, 0.25) is 0 Å². The summed E-state index contributed by atoms with van der Waals surface area (Å²) >= 11 is 1.95. The number of rotatable bonds is 8. The number of thiophene rings is 1. The van der Waals surface area contributed by atoms with Gasteiger partial charge in [0.1, 0.15) is 0 Å². The van der Waals surface area contributed by atoms with Crippen molar-refractivity contribution in [2.45, 2.75) is 39.8 Å². The van der Waals surface area contributed by atoms with E-state index in [0.29, 0.717) is 0 Å². The summed E-state index contributed by atoms with van der Waals surface area (Å²) < 4.78 is 5.43. The van der Waals surface area contributed by atoms with Gasteiger partial charge in [0.05, 0.1) is 0 Å². The maximum atomic E-state index is 5.43. The Kier molecular flexibility index (Phi) is 7.17. The van der Waals surface area contributed by atoms with Crippen LogP contribution in [-0.4, -0.2) is 38.3 Å². The maximum Gasteiger partial charge on any atom is 0.0469 e. The van der Waals surface area contributed by atoms with E-state index in [1.165, 1.54) is 29.1 Å². The second-order valence-corrected chi connectivity index (χ2v) is 7.90. The number of ether oxygens (including phenoxy) is 1. The largest absolute Gasteiger partial charge is 0.381 e. The molecule has 2 rings (SSSR count). The Labute approximate surface area is 133 Å². The third-order valence-electron chi connectivity index (χ3n) is 3.91. The fraction of sp³-hybridized carbons (Fsp3) is 0.765. The van der Waals surface area contributed by atoms with E-state index in [1.54, 1.807) is 0 Å². The first-order valence-electron chi connectivity index (χ1n) is 8.18. The van der Waals surface area contributed by atoms with Gasteiger partial charge in [-0.25, -0.2) is 0 Å². The summed E-state index contributed by atoms with van der Waals surface area (Å²) in [5.74, 6) is 1.53. The smallest absolute Gasteiger partial charge is 0.0469 e. The van der Waals surface area contributed by atoms with Gasteiger partial charge >= 0.3 is 0 Å². The molecule has 0 radical (unpaired) electrons. The summed E-state index contributed by atoms with van der Waals surface area (Å²) in [4.78, 5) is 5.39. The lowest BCUT2D eigenvalue weighted by molar-refractivity contribution is 0.0550. The Hall–Kier alpha value is -0.420. The van der Waals surface area contributed by atoms with Crippen molar-refractivity contribution in [2.24, 2.45) is 11.8 Å². The molecule has 2 heterocycles. The van der Waals surface area contributed by atoms with Gasteiger partial charge in [-0.2, -0.15) is 0 Å². The third-order valence-corrected chi connectivity index (χ3v) is 4.98. The average Bonchev–Trinajstić information content (AvgIpc) is 2.86. The Morgan fingerprint density at radius 2 is 2.00 bits per heavy atom. The molecule has 0 saturated carbocycles. The fourth-order valence-corrected chi connectivity index (χ4v) is 3.85. The number of nitrogens with one attached hydrogen (secondary N) is 1. The van der Waals surface area contributed by atoms with E-state index < -0.39 is 0 Å². The van der Waals surface area contributed by atoms with Gasteiger partial charge < -0.3 is 15.0 Å². The van der Waals surface area contributed by atoms with Crippen molar-refractivity contribution < 1.29 is 4.74 Å². The van der Waals surface area contributed by atoms with Crippen molar-refractivity contribution in [3.05, 3.63) is 21.9 Å². The lowest BCUT2D eigenvalue weighted by atomic mass is 10.00. The van der Waals surface area contributed by atoms with Crippen LogP contribution in [0, 0.1) is 11.8 Å². The molecule has 0 amide bonds. The number of hydrogen-bond acceptors (Lipinski definition) is 4. The third kappa shape index (κ3) is 6.47. The zero-order valence-corrected chi connectivity index (χ0v) is 14.5. The molecule has 4 heteroatoms. The summed E-state index contributed by atoms with van der Waals surface area (Å²) in [6, 6.07) is 4.56. The molecule has 1 fully saturated rings. The second kappa shape index (κ2) is 8.89. The molecule has 1 saturated heterocycles. The molecule has 120 valence electrons. The van der Waals surface area contributed by atoms with E-state index in [4.69, 9.17) is 4.74 Å².